The summed E-state index contributed by atoms with van der Waals surface area (Å²) in [7, 11) is -0.914. The van der Waals surface area contributed by atoms with Gasteiger partial charge in [0.2, 0.25) is 5.95 Å². The molecule has 1 fully saturated rings. The number of benzene rings is 1. The van der Waals surface area contributed by atoms with Gasteiger partial charge in [0.05, 0.1) is 0 Å². The number of amides is 1. The van der Waals surface area contributed by atoms with E-state index in [9.17, 15) is 9.00 Å². The van der Waals surface area contributed by atoms with E-state index in [1.807, 2.05) is 29.2 Å². The first-order valence-corrected chi connectivity index (χ1v) is 9.56. The van der Waals surface area contributed by atoms with Crippen molar-refractivity contribution in [3.63, 3.8) is 0 Å². The van der Waals surface area contributed by atoms with Crippen LogP contribution in [0, 0.1) is 0 Å². The molecule has 1 aliphatic rings. The lowest BCUT2D eigenvalue weighted by atomic mass is 10.1. The monoisotopic (exact) mass is 344 g/mol. The molecule has 6 nitrogen and oxygen atoms in total. The maximum absolute atomic E-state index is 12.7. The molecule has 0 aliphatic carbocycles. The van der Waals surface area contributed by atoms with E-state index in [4.69, 9.17) is 0 Å². The Kier molecular flexibility index (Phi) is 5.20. The Balaban J connectivity index is 1.64. The maximum atomic E-state index is 12.7. The molecule has 0 bridgehead atoms. The predicted molar refractivity (Wildman–Crippen MR) is 94.4 cm³/mol. The Labute approximate surface area is 144 Å². The van der Waals surface area contributed by atoms with Gasteiger partial charge < -0.3 is 9.80 Å². The van der Waals surface area contributed by atoms with Crippen LogP contribution in [0.5, 0.6) is 0 Å². The molecule has 1 unspecified atom stereocenters. The average molecular weight is 344 g/mol. The molecule has 1 atom stereocenters. The Morgan fingerprint density at radius 1 is 1.12 bits per heavy atom. The van der Waals surface area contributed by atoms with Crippen molar-refractivity contribution in [3.8, 4) is 0 Å². The van der Waals surface area contributed by atoms with Gasteiger partial charge in [0.1, 0.15) is 0 Å². The van der Waals surface area contributed by atoms with Crippen LogP contribution in [0.2, 0.25) is 0 Å². The van der Waals surface area contributed by atoms with Gasteiger partial charge >= 0.3 is 0 Å². The zero-order chi connectivity index (χ0) is 16.9. The fourth-order valence-corrected chi connectivity index (χ4v) is 3.42. The zero-order valence-corrected chi connectivity index (χ0v) is 14.4. The summed E-state index contributed by atoms with van der Waals surface area (Å²) < 4.78 is 11.4. The van der Waals surface area contributed by atoms with Gasteiger partial charge in [-0.25, -0.2) is 9.97 Å². The van der Waals surface area contributed by atoms with Crippen LogP contribution in [0.4, 0.5) is 5.95 Å². The second-order valence-electron chi connectivity index (χ2n) is 5.75. The number of carbonyl (C=O) groups excluding carboxylic acids is 1. The fraction of sp³-hybridized carbons (Fsp3) is 0.353. The summed E-state index contributed by atoms with van der Waals surface area (Å²) in [6.07, 6.45) is 5.12. The van der Waals surface area contributed by atoms with E-state index < -0.39 is 10.8 Å². The van der Waals surface area contributed by atoms with E-state index in [0.29, 0.717) is 43.4 Å². The molecule has 1 aliphatic heterocycles. The van der Waals surface area contributed by atoms with Gasteiger partial charge in [-0.2, -0.15) is 0 Å². The first-order valence-electron chi connectivity index (χ1n) is 7.84. The molecule has 0 saturated carbocycles. The van der Waals surface area contributed by atoms with Crippen molar-refractivity contribution >= 4 is 22.7 Å². The highest BCUT2D eigenvalue weighted by Gasteiger charge is 2.23. The molecule has 1 amide bonds. The normalized spacial score (nSPS) is 16.0. The number of hydrogen-bond acceptors (Lipinski definition) is 5. The van der Waals surface area contributed by atoms with Crippen molar-refractivity contribution in [2.75, 3.05) is 37.3 Å². The molecule has 0 spiro atoms. The smallest absolute Gasteiger partial charge is 0.253 e. The van der Waals surface area contributed by atoms with Crippen molar-refractivity contribution < 1.29 is 9.00 Å². The molecule has 2 heterocycles. The minimum atomic E-state index is -0.914. The SMILES string of the molecule is CS(=O)Cc1cccc(C(=O)N2CCN(c3ncccn3)CC2)c1. The van der Waals surface area contributed by atoms with Gasteiger partial charge in [-0.05, 0) is 23.8 Å². The molecule has 3 rings (SSSR count). The molecule has 0 N–H and O–H groups in total. The van der Waals surface area contributed by atoms with Gasteiger partial charge in [-0.15, -0.1) is 0 Å². The van der Waals surface area contributed by atoms with Gasteiger partial charge in [0.25, 0.3) is 5.91 Å². The van der Waals surface area contributed by atoms with Crippen molar-refractivity contribution in [3.05, 3.63) is 53.9 Å². The molecular weight excluding hydrogens is 324 g/mol. The average Bonchev–Trinajstić information content (AvgIpc) is 2.62. The Morgan fingerprint density at radius 3 is 2.50 bits per heavy atom. The van der Waals surface area contributed by atoms with Gasteiger partial charge in [0, 0.05) is 66.9 Å². The van der Waals surface area contributed by atoms with E-state index >= 15 is 0 Å². The van der Waals surface area contributed by atoms with E-state index in [-0.39, 0.29) is 5.91 Å². The highest BCUT2D eigenvalue weighted by atomic mass is 32.2. The standard InChI is InChI=1S/C17H20N4O2S/c1-24(23)13-14-4-2-5-15(12-14)16(22)20-8-10-21(11-9-20)17-18-6-3-7-19-17/h2-7,12H,8-11,13H2,1H3. The summed E-state index contributed by atoms with van der Waals surface area (Å²) in [6.45, 7) is 2.71. The Hall–Kier alpha value is -2.28. The fourth-order valence-electron chi connectivity index (χ4n) is 2.78. The lowest BCUT2D eigenvalue weighted by molar-refractivity contribution is 0.0746. The molecule has 1 saturated heterocycles. The molecular formula is C17H20N4O2S. The number of aromatic nitrogens is 2. The van der Waals surface area contributed by atoms with E-state index in [0.717, 1.165) is 5.56 Å². The zero-order valence-electron chi connectivity index (χ0n) is 13.6. The van der Waals surface area contributed by atoms with Crippen LogP contribution in [0.3, 0.4) is 0 Å². The quantitative estimate of drug-likeness (QED) is 0.837. The predicted octanol–water partition coefficient (Wildman–Crippen LogP) is 1.32. The first-order chi connectivity index (χ1) is 11.6. The van der Waals surface area contributed by atoms with Crippen molar-refractivity contribution in [1.82, 2.24) is 14.9 Å². The number of nitrogens with zero attached hydrogens (tertiary/aromatic N) is 4. The third-order valence-electron chi connectivity index (χ3n) is 3.95. The minimum absolute atomic E-state index is 0.0207. The third kappa shape index (κ3) is 3.97. The number of piperazine rings is 1. The molecule has 126 valence electrons. The summed E-state index contributed by atoms with van der Waals surface area (Å²) >= 11 is 0. The summed E-state index contributed by atoms with van der Waals surface area (Å²) in [5.41, 5.74) is 1.58. The molecule has 1 aromatic carbocycles. The van der Waals surface area contributed by atoms with E-state index in [1.54, 1.807) is 24.7 Å². The lowest BCUT2D eigenvalue weighted by Crippen LogP contribution is -2.49. The highest BCUT2D eigenvalue weighted by Crippen LogP contribution is 2.14. The first kappa shape index (κ1) is 16.6. The highest BCUT2D eigenvalue weighted by molar-refractivity contribution is 7.83. The second-order valence-corrected chi connectivity index (χ2v) is 7.18. The van der Waals surface area contributed by atoms with Crippen LogP contribution in [-0.2, 0) is 16.6 Å². The van der Waals surface area contributed by atoms with Crippen LogP contribution < -0.4 is 4.90 Å². The van der Waals surface area contributed by atoms with Crippen LogP contribution in [-0.4, -0.2) is 57.4 Å². The molecule has 24 heavy (non-hydrogen) atoms. The number of hydrogen-bond donors (Lipinski definition) is 0. The van der Waals surface area contributed by atoms with Crippen molar-refractivity contribution in [1.29, 1.82) is 0 Å². The molecule has 2 aromatic rings. The van der Waals surface area contributed by atoms with Crippen LogP contribution in [0.1, 0.15) is 15.9 Å². The summed E-state index contributed by atoms with van der Waals surface area (Å²) in [4.78, 5) is 25.1. The van der Waals surface area contributed by atoms with Crippen LogP contribution >= 0.6 is 0 Å². The third-order valence-corrected chi connectivity index (χ3v) is 4.69. The topological polar surface area (TPSA) is 66.4 Å². The second kappa shape index (κ2) is 7.53. The summed E-state index contributed by atoms with van der Waals surface area (Å²) in [5, 5.41) is 0. The maximum Gasteiger partial charge on any atom is 0.253 e. The van der Waals surface area contributed by atoms with Gasteiger partial charge in [0.15, 0.2) is 0 Å². The molecule has 0 radical (unpaired) electrons. The minimum Gasteiger partial charge on any atom is -0.337 e. The Morgan fingerprint density at radius 2 is 1.83 bits per heavy atom. The number of rotatable bonds is 4. The van der Waals surface area contributed by atoms with E-state index in [2.05, 4.69) is 14.9 Å². The number of anilines is 1. The van der Waals surface area contributed by atoms with Gasteiger partial charge in [-0.3, -0.25) is 9.00 Å². The molecule has 7 heteroatoms. The largest absolute Gasteiger partial charge is 0.337 e. The molecule has 1 aromatic heterocycles. The Bertz CT molecular complexity index is 730. The van der Waals surface area contributed by atoms with Gasteiger partial charge in [-0.1, -0.05) is 12.1 Å². The lowest BCUT2D eigenvalue weighted by Gasteiger charge is -2.34. The van der Waals surface area contributed by atoms with E-state index in [1.165, 1.54) is 0 Å². The van der Waals surface area contributed by atoms with Crippen LogP contribution in [0.25, 0.3) is 0 Å². The summed E-state index contributed by atoms with van der Waals surface area (Å²) in [5.74, 6) is 1.20. The van der Waals surface area contributed by atoms with Crippen LogP contribution in [0.15, 0.2) is 42.7 Å². The van der Waals surface area contributed by atoms with Crippen molar-refractivity contribution in [2.45, 2.75) is 5.75 Å². The summed E-state index contributed by atoms with van der Waals surface area (Å²) in [6, 6.07) is 9.21. The van der Waals surface area contributed by atoms with Crippen molar-refractivity contribution in [2.24, 2.45) is 0 Å². The number of carbonyl (C=O) groups is 1.